The first-order valence-corrected chi connectivity index (χ1v) is 12.7. The van der Waals surface area contributed by atoms with E-state index in [1.54, 1.807) is 32.1 Å². The SMILES string of the molecule is CC(C)(C)O.Cc1cc2nc(-c3ccc4cnn(C)c4c3)sc2c(-c2ccc(Cl)cc2)c1CC(=O)O. The maximum atomic E-state index is 11.6. The molecule has 0 amide bonds. The summed E-state index contributed by atoms with van der Waals surface area (Å²) in [7, 11) is 1.92. The van der Waals surface area contributed by atoms with Gasteiger partial charge in [-0.25, -0.2) is 4.98 Å². The van der Waals surface area contributed by atoms with Crippen molar-refractivity contribution >= 4 is 50.0 Å². The maximum absolute atomic E-state index is 11.6. The van der Waals surface area contributed by atoms with Crippen molar-refractivity contribution in [3.05, 3.63) is 70.9 Å². The lowest BCUT2D eigenvalue weighted by molar-refractivity contribution is -0.136. The average molecular weight is 522 g/mol. The Bertz CT molecular complexity index is 1560. The van der Waals surface area contributed by atoms with Gasteiger partial charge in [0.25, 0.3) is 0 Å². The molecule has 0 aliphatic rings. The fourth-order valence-corrected chi connectivity index (χ4v) is 5.20. The maximum Gasteiger partial charge on any atom is 0.307 e. The van der Waals surface area contributed by atoms with Crippen molar-refractivity contribution in [2.24, 2.45) is 7.05 Å². The van der Waals surface area contributed by atoms with Crippen LogP contribution in [0.4, 0.5) is 0 Å². The van der Waals surface area contributed by atoms with E-state index in [1.807, 2.05) is 61.2 Å². The Labute approximate surface area is 218 Å². The molecular weight excluding hydrogens is 494 g/mol. The van der Waals surface area contributed by atoms with Gasteiger partial charge in [-0.05, 0) is 68.7 Å². The van der Waals surface area contributed by atoms with Crippen LogP contribution in [0.3, 0.4) is 0 Å². The summed E-state index contributed by atoms with van der Waals surface area (Å²) in [4.78, 5) is 16.5. The zero-order valence-electron chi connectivity index (χ0n) is 20.8. The van der Waals surface area contributed by atoms with E-state index in [0.29, 0.717) is 5.02 Å². The zero-order valence-corrected chi connectivity index (χ0v) is 22.4. The van der Waals surface area contributed by atoms with Gasteiger partial charge in [-0.1, -0.05) is 35.9 Å². The number of rotatable bonds is 4. The first-order chi connectivity index (χ1) is 16.9. The summed E-state index contributed by atoms with van der Waals surface area (Å²) in [6, 6.07) is 15.7. The van der Waals surface area contributed by atoms with Crippen molar-refractivity contribution in [2.75, 3.05) is 0 Å². The minimum atomic E-state index is -0.857. The van der Waals surface area contributed by atoms with Gasteiger partial charge in [0, 0.05) is 28.6 Å². The Morgan fingerprint density at radius 1 is 1.08 bits per heavy atom. The molecule has 0 aliphatic heterocycles. The fourth-order valence-electron chi connectivity index (χ4n) is 3.94. The van der Waals surface area contributed by atoms with Crippen molar-refractivity contribution in [3.8, 4) is 21.7 Å². The Morgan fingerprint density at radius 3 is 2.36 bits per heavy atom. The molecule has 2 heterocycles. The van der Waals surface area contributed by atoms with Crippen molar-refractivity contribution in [1.82, 2.24) is 14.8 Å². The average Bonchev–Trinajstić information content (AvgIpc) is 3.37. The van der Waals surface area contributed by atoms with Gasteiger partial charge in [0.1, 0.15) is 5.01 Å². The van der Waals surface area contributed by atoms with E-state index < -0.39 is 11.6 Å². The highest BCUT2D eigenvalue weighted by Crippen LogP contribution is 2.41. The molecule has 0 radical (unpaired) electrons. The third-order valence-corrected chi connectivity index (χ3v) is 6.86. The Kier molecular flexibility index (Phi) is 7.18. The number of carboxylic acid groups (broad SMARTS) is 1. The van der Waals surface area contributed by atoms with Gasteiger partial charge in [0.15, 0.2) is 0 Å². The standard InChI is InChI=1S/C24H18ClN3O2S.C4H10O/c1-13-9-19-23(22(18(13)11-21(29)30)14-5-7-17(25)8-6-14)31-24(27-19)15-3-4-16-12-26-28(2)20(16)10-15;1-4(2,3)5/h3-10,12H,11H2,1-2H3,(H,29,30);5H,1-3H3. The quantitative estimate of drug-likeness (QED) is 0.269. The van der Waals surface area contributed by atoms with Crippen LogP contribution in [0.1, 0.15) is 31.9 Å². The predicted molar refractivity (Wildman–Crippen MR) is 148 cm³/mol. The van der Waals surface area contributed by atoms with Crippen LogP contribution in [-0.2, 0) is 18.3 Å². The summed E-state index contributed by atoms with van der Waals surface area (Å²) in [5.74, 6) is -0.857. The second-order valence-corrected chi connectivity index (χ2v) is 11.1. The summed E-state index contributed by atoms with van der Waals surface area (Å²) >= 11 is 7.67. The first kappa shape index (κ1) is 25.8. The summed E-state index contributed by atoms with van der Waals surface area (Å²) < 4.78 is 2.82. The second kappa shape index (κ2) is 10.0. The zero-order chi connectivity index (χ0) is 26.2. The van der Waals surface area contributed by atoms with Gasteiger partial charge in [0.2, 0.25) is 0 Å². The molecule has 5 rings (SSSR count). The number of hydrogen-bond acceptors (Lipinski definition) is 5. The largest absolute Gasteiger partial charge is 0.481 e. The molecule has 2 aromatic heterocycles. The molecule has 0 bridgehead atoms. The molecule has 5 aromatic rings. The normalized spacial score (nSPS) is 11.5. The summed E-state index contributed by atoms with van der Waals surface area (Å²) in [5.41, 5.74) is 5.99. The van der Waals surface area contributed by atoms with E-state index in [-0.39, 0.29) is 6.42 Å². The lowest BCUT2D eigenvalue weighted by atomic mass is 9.93. The highest BCUT2D eigenvalue weighted by atomic mass is 35.5. The van der Waals surface area contributed by atoms with Crippen LogP contribution < -0.4 is 0 Å². The highest BCUT2D eigenvalue weighted by Gasteiger charge is 2.19. The predicted octanol–water partition coefficient (Wildman–Crippen LogP) is 6.88. The van der Waals surface area contributed by atoms with Gasteiger partial charge in [-0.2, -0.15) is 5.10 Å². The van der Waals surface area contributed by atoms with Gasteiger partial charge in [-0.15, -0.1) is 11.3 Å². The minimum Gasteiger partial charge on any atom is -0.481 e. The number of carbonyl (C=O) groups is 1. The summed E-state index contributed by atoms with van der Waals surface area (Å²) in [6.07, 6.45) is 1.80. The number of aliphatic hydroxyl groups is 1. The van der Waals surface area contributed by atoms with E-state index in [1.165, 1.54) is 0 Å². The minimum absolute atomic E-state index is 0.0477. The number of thiazole rings is 1. The molecule has 36 heavy (non-hydrogen) atoms. The molecule has 0 atom stereocenters. The number of nitrogens with zero attached hydrogens (tertiary/aromatic N) is 3. The topological polar surface area (TPSA) is 88.2 Å². The molecule has 0 saturated heterocycles. The van der Waals surface area contributed by atoms with Crippen LogP contribution in [0.15, 0.2) is 54.7 Å². The molecule has 6 nitrogen and oxygen atoms in total. The van der Waals surface area contributed by atoms with E-state index >= 15 is 0 Å². The van der Waals surface area contributed by atoms with Crippen molar-refractivity contribution in [3.63, 3.8) is 0 Å². The van der Waals surface area contributed by atoms with Gasteiger partial charge in [-0.3, -0.25) is 9.48 Å². The molecule has 8 heteroatoms. The monoisotopic (exact) mass is 521 g/mol. The van der Waals surface area contributed by atoms with Crippen molar-refractivity contribution in [2.45, 2.75) is 39.7 Å². The van der Waals surface area contributed by atoms with Crippen molar-refractivity contribution < 1.29 is 15.0 Å². The molecule has 186 valence electrons. The number of aliphatic carboxylic acids is 1. The summed E-state index contributed by atoms with van der Waals surface area (Å²) in [5, 5.41) is 25.0. The summed E-state index contributed by atoms with van der Waals surface area (Å²) in [6.45, 7) is 7.17. The van der Waals surface area contributed by atoms with Gasteiger partial charge < -0.3 is 10.2 Å². The number of fused-ring (bicyclic) bond motifs is 2. The van der Waals surface area contributed by atoms with Gasteiger partial charge in [0.05, 0.1) is 34.0 Å². The number of carboxylic acids is 1. The fraction of sp³-hybridized carbons (Fsp3) is 0.250. The number of aryl methyl sites for hydroxylation is 2. The van der Waals surface area contributed by atoms with E-state index in [0.717, 1.165) is 53.9 Å². The van der Waals surface area contributed by atoms with Crippen molar-refractivity contribution in [1.29, 1.82) is 0 Å². The number of benzene rings is 3. The van der Waals surface area contributed by atoms with E-state index in [9.17, 15) is 9.90 Å². The Hall–Kier alpha value is -3.26. The van der Waals surface area contributed by atoms with Crippen LogP contribution in [0.25, 0.3) is 42.8 Å². The van der Waals surface area contributed by atoms with E-state index in [4.69, 9.17) is 21.7 Å². The number of hydrogen-bond donors (Lipinski definition) is 2. The van der Waals surface area contributed by atoms with E-state index in [2.05, 4.69) is 17.2 Å². The number of aromatic nitrogens is 3. The second-order valence-electron chi connectivity index (χ2n) is 9.70. The van der Waals surface area contributed by atoms with Crippen LogP contribution in [0.5, 0.6) is 0 Å². The first-order valence-electron chi connectivity index (χ1n) is 11.5. The van der Waals surface area contributed by atoms with Crippen LogP contribution in [0.2, 0.25) is 5.02 Å². The molecule has 0 unspecified atom stereocenters. The highest BCUT2D eigenvalue weighted by molar-refractivity contribution is 7.22. The lowest BCUT2D eigenvalue weighted by Gasteiger charge is -2.13. The smallest absolute Gasteiger partial charge is 0.307 e. The molecule has 0 fully saturated rings. The molecule has 2 N–H and O–H groups in total. The van der Waals surface area contributed by atoms with Crippen LogP contribution >= 0.6 is 22.9 Å². The molecule has 0 aliphatic carbocycles. The molecule has 0 saturated carbocycles. The van der Waals surface area contributed by atoms with Crippen LogP contribution in [-0.4, -0.2) is 36.5 Å². The third kappa shape index (κ3) is 5.75. The molecular formula is C28H28ClN3O3S. The molecule has 3 aromatic carbocycles. The Balaban J connectivity index is 0.000000556. The third-order valence-electron chi connectivity index (χ3n) is 5.47. The van der Waals surface area contributed by atoms with Gasteiger partial charge >= 0.3 is 5.97 Å². The Morgan fingerprint density at radius 2 is 1.72 bits per heavy atom. The number of halogens is 1. The molecule has 0 spiro atoms. The van der Waals surface area contributed by atoms with Crippen LogP contribution in [0, 0.1) is 6.92 Å². The lowest BCUT2D eigenvalue weighted by Crippen LogP contribution is -2.10.